The Morgan fingerprint density at radius 3 is 2.57 bits per heavy atom. The third-order valence-corrected chi connectivity index (χ3v) is 3.47. The van der Waals surface area contributed by atoms with Crippen molar-refractivity contribution >= 4 is 22.8 Å². The molecule has 0 bridgehead atoms. The normalized spacial score (nSPS) is 11.3. The van der Waals surface area contributed by atoms with Gasteiger partial charge in [-0.05, 0) is 42.5 Å². The summed E-state index contributed by atoms with van der Waals surface area (Å²) in [5, 5.41) is 1.10. The van der Waals surface area contributed by atoms with E-state index in [0.717, 1.165) is 16.5 Å². The molecule has 0 unspecified atom stereocenters. The molecule has 0 aliphatic rings. The largest absolute Gasteiger partial charge is 0.350 e. The maximum atomic E-state index is 12.8. The Morgan fingerprint density at radius 2 is 1.81 bits per heavy atom. The Labute approximate surface area is 122 Å². The van der Waals surface area contributed by atoms with E-state index in [4.69, 9.17) is 0 Å². The number of hydrogen-bond donors (Lipinski definition) is 0. The lowest BCUT2D eigenvalue weighted by atomic mass is 10.1. The molecular formula is C18H14FNO. The van der Waals surface area contributed by atoms with E-state index in [-0.39, 0.29) is 11.6 Å². The topological polar surface area (TPSA) is 22.0 Å². The van der Waals surface area contributed by atoms with Crippen molar-refractivity contribution in [2.24, 2.45) is 7.05 Å². The second-order valence-corrected chi connectivity index (χ2v) is 4.92. The number of aryl methyl sites for hydroxylation is 1. The number of ketones is 1. The van der Waals surface area contributed by atoms with E-state index in [1.54, 1.807) is 6.08 Å². The van der Waals surface area contributed by atoms with Gasteiger partial charge in [0, 0.05) is 35.3 Å². The van der Waals surface area contributed by atoms with Crippen LogP contribution in [0.2, 0.25) is 0 Å². The van der Waals surface area contributed by atoms with Crippen molar-refractivity contribution in [3.05, 3.63) is 77.7 Å². The first-order chi connectivity index (χ1) is 10.1. The first kappa shape index (κ1) is 13.3. The molecule has 0 saturated heterocycles. The number of fused-ring (bicyclic) bond motifs is 1. The van der Waals surface area contributed by atoms with Gasteiger partial charge in [0.15, 0.2) is 5.78 Å². The zero-order chi connectivity index (χ0) is 14.8. The van der Waals surface area contributed by atoms with Gasteiger partial charge in [-0.25, -0.2) is 4.39 Å². The van der Waals surface area contributed by atoms with Gasteiger partial charge in [-0.15, -0.1) is 0 Å². The molecule has 0 aliphatic heterocycles. The van der Waals surface area contributed by atoms with Crippen LogP contribution >= 0.6 is 0 Å². The van der Waals surface area contributed by atoms with E-state index < -0.39 is 0 Å². The minimum atomic E-state index is -0.343. The number of para-hydroxylation sites is 1. The minimum Gasteiger partial charge on any atom is -0.350 e. The van der Waals surface area contributed by atoms with Crippen LogP contribution in [0.3, 0.4) is 0 Å². The number of aromatic nitrogens is 1. The summed E-state index contributed by atoms with van der Waals surface area (Å²) in [5.74, 6) is -0.479. The van der Waals surface area contributed by atoms with Crippen LogP contribution in [-0.4, -0.2) is 10.4 Å². The predicted molar refractivity (Wildman–Crippen MR) is 82.7 cm³/mol. The van der Waals surface area contributed by atoms with Crippen molar-refractivity contribution in [1.29, 1.82) is 0 Å². The third kappa shape index (κ3) is 2.63. The first-order valence-corrected chi connectivity index (χ1v) is 6.67. The molecule has 0 N–H and O–H groups in total. The predicted octanol–water partition coefficient (Wildman–Crippen LogP) is 4.21. The van der Waals surface area contributed by atoms with Gasteiger partial charge < -0.3 is 4.57 Å². The number of benzene rings is 2. The number of allylic oxidation sites excluding steroid dienone is 1. The molecule has 2 aromatic carbocycles. The smallest absolute Gasteiger partial charge is 0.185 e. The van der Waals surface area contributed by atoms with Crippen molar-refractivity contribution in [1.82, 2.24) is 4.57 Å². The van der Waals surface area contributed by atoms with Gasteiger partial charge in [0.1, 0.15) is 5.82 Å². The number of nitrogens with zero attached hydrogens (tertiary/aromatic N) is 1. The SMILES string of the molecule is Cn1cc(/C=C/C(=O)c2ccc(F)cc2)c2ccccc21. The molecule has 3 heteroatoms. The molecule has 0 fully saturated rings. The van der Waals surface area contributed by atoms with Crippen molar-refractivity contribution in [2.45, 2.75) is 0 Å². The summed E-state index contributed by atoms with van der Waals surface area (Å²) < 4.78 is 14.9. The van der Waals surface area contributed by atoms with Crippen molar-refractivity contribution < 1.29 is 9.18 Å². The number of rotatable bonds is 3. The maximum Gasteiger partial charge on any atom is 0.185 e. The molecule has 3 rings (SSSR count). The second kappa shape index (κ2) is 5.37. The summed E-state index contributed by atoms with van der Waals surface area (Å²) in [5.41, 5.74) is 2.59. The Morgan fingerprint density at radius 1 is 1.10 bits per heavy atom. The monoisotopic (exact) mass is 279 g/mol. The molecule has 0 spiro atoms. The Kier molecular flexibility index (Phi) is 3.40. The number of carbonyl (C=O) groups is 1. The van der Waals surface area contributed by atoms with Gasteiger partial charge in [-0.1, -0.05) is 18.2 Å². The Bertz CT molecular complexity index is 828. The van der Waals surface area contributed by atoms with Crippen molar-refractivity contribution in [2.75, 3.05) is 0 Å². The zero-order valence-corrected chi connectivity index (χ0v) is 11.6. The fourth-order valence-electron chi connectivity index (χ4n) is 2.38. The van der Waals surface area contributed by atoms with Crippen molar-refractivity contribution in [3.8, 4) is 0 Å². The molecular weight excluding hydrogens is 265 g/mol. The molecule has 1 heterocycles. The lowest BCUT2D eigenvalue weighted by Gasteiger charge is -1.95. The van der Waals surface area contributed by atoms with E-state index in [0.29, 0.717) is 5.56 Å². The van der Waals surface area contributed by atoms with Crippen LogP contribution in [0.25, 0.3) is 17.0 Å². The highest BCUT2D eigenvalue weighted by molar-refractivity contribution is 6.07. The molecule has 0 amide bonds. The maximum absolute atomic E-state index is 12.8. The van der Waals surface area contributed by atoms with Crippen LogP contribution in [-0.2, 0) is 7.05 Å². The third-order valence-electron chi connectivity index (χ3n) is 3.47. The summed E-state index contributed by atoms with van der Waals surface area (Å²) >= 11 is 0. The molecule has 3 aromatic rings. The summed E-state index contributed by atoms with van der Waals surface area (Å²) in [7, 11) is 1.97. The first-order valence-electron chi connectivity index (χ1n) is 6.67. The second-order valence-electron chi connectivity index (χ2n) is 4.92. The van der Waals surface area contributed by atoms with Gasteiger partial charge in [0.25, 0.3) is 0 Å². The fourth-order valence-corrected chi connectivity index (χ4v) is 2.38. The van der Waals surface area contributed by atoms with Gasteiger partial charge in [0.05, 0.1) is 0 Å². The van der Waals surface area contributed by atoms with E-state index in [1.807, 2.05) is 42.1 Å². The van der Waals surface area contributed by atoms with Gasteiger partial charge in [-0.2, -0.15) is 0 Å². The minimum absolute atomic E-state index is 0.136. The molecule has 0 radical (unpaired) electrons. The standard InChI is InChI=1S/C18H14FNO/c1-20-12-14(16-4-2-3-5-17(16)20)8-11-18(21)13-6-9-15(19)10-7-13/h2-12H,1H3/b11-8+. The van der Waals surface area contributed by atoms with E-state index >= 15 is 0 Å². The number of carbonyl (C=O) groups excluding carboxylic acids is 1. The van der Waals surface area contributed by atoms with Crippen LogP contribution in [0.5, 0.6) is 0 Å². The molecule has 2 nitrogen and oxygen atoms in total. The van der Waals surface area contributed by atoms with Gasteiger partial charge in [0.2, 0.25) is 0 Å². The van der Waals surface area contributed by atoms with Crippen LogP contribution in [0, 0.1) is 5.82 Å². The van der Waals surface area contributed by atoms with Crippen LogP contribution < -0.4 is 0 Å². The molecule has 1 aromatic heterocycles. The lowest BCUT2D eigenvalue weighted by molar-refractivity contribution is 0.104. The van der Waals surface area contributed by atoms with Crippen LogP contribution in [0.1, 0.15) is 15.9 Å². The van der Waals surface area contributed by atoms with E-state index in [1.165, 1.54) is 30.3 Å². The van der Waals surface area contributed by atoms with E-state index in [2.05, 4.69) is 0 Å². The quantitative estimate of drug-likeness (QED) is 0.520. The van der Waals surface area contributed by atoms with Gasteiger partial charge >= 0.3 is 0 Å². The molecule has 0 aliphatic carbocycles. The average Bonchev–Trinajstić information content (AvgIpc) is 2.83. The van der Waals surface area contributed by atoms with Gasteiger partial charge in [-0.3, -0.25) is 4.79 Å². The highest BCUT2D eigenvalue weighted by atomic mass is 19.1. The van der Waals surface area contributed by atoms with Crippen molar-refractivity contribution in [3.63, 3.8) is 0 Å². The lowest BCUT2D eigenvalue weighted by Crippen LogP contribution is -1.93. The van der Waals surface area contributed by atoms with Crippen LogP contribution in [0.4, 0.5) is 4.39 Å². The summed E-state index contributed by atoms with van der Waals surface area (Å²) in [4.78, 5) is 12.1. The average molecular weight is 279 g/mol. The van der Waals surface area contributed by atoms with Crippen LogP contribution in [0.15, 0.2) is 60.8 Å². The summed E-state index contributed by atoms with van der Waals surface area (Å²) in [6.45, 7) is 0. The summed E-state index contributed by atoms with van der Waals surface area (Å²) in [6, 6.07) is 13.6. The number of hydrogen-bond acceptors (Lipinski definition) is 1. The zero-order valence-electron chi connectivity index (χ0n) is 11.6. The Hall–Kier alpha value is -2.68. The number of halogens is 1. The summed E-state index contributed by atoms with van der Waals surface area (Å²) in [6.07, 6.45) is 5.31. The molecule has 0 saturated carbocycles. The fraction of sp³-hybridized carbons (Fsp3) is 0.0556. The molecule has 21 heavy (non-hydrogen) atoms. The molecule has 104 valence electrons. The highest BCUT2D eigenvalue weighted by Crippen LogP contribution is 2.21. The Balaban J connectivity index is 1.91. The molecule has 0 atom stereocenters. The highest BCUT2D eigenvalue weighted by Gasteiger charge is 2.05. The van der Waals surface area contributed by atoms with E-state index in [9.17, 15) is 9.18 Å².